The van der Waals surface area contributed by atoms with Gasteiger partial charge in [0.1, 0.15) is 36.4 Å². The summed E-state index contributed by atoms with van der Waals surface area (Å²) in [5, 5.41) is 24.5. The lowest BCUT2D eigenvalue weighted by Gasteiger charge is -2.14. The maximum Gasteiger partial charge on any atom is 0.127 e. The van der Waals surface area contributed by atoms with Crippen molar-refractivity contribution in [1.82, 2.24) is 10.6 Å². The van der Waals surface area contributed by atoms with Gasteiger partial charge in [-0.3, -0.25) is 10.8 Å². The minimum Gasteiger partial charge on any atom is -0.488 e. The molecule has 4 rings (SSSR count). The Kier molecular flexibility index (Phi) is 8.64. The van der Waals surface area contributed by atoms with E-state index in [9.17, 15) is 0 Å². The summed E-state index contributed by atoms with van der Waals surface area (Å²) in [6, 6.07) is 28.2. The van der Waals surface area contributed by atoms with Gasteiger partial charge in [0.25, 0.3) is 0 Å². The number of benzene rings is 4. The van der Waals surface area contributed by atoms with Gasteiger partial charge in [0.05, 0.1) is 0 Å². The largest absolute Gasteiger partial charge is 0.488 e. The van der Waals surface area contributed by atoms with Crippen LogP contribution in [-0.2, 0) is 13.2 Å². The molecule has 0 heterocycles. The van der Waals surface area contributed by atoms with Crippen LogP contribution in [-0.4, -0.2) is 23.8 Å². The topological polar surface area (TPSA) is 90.2 Å². The Labute approximate surface area is 225 Å². The number of hydrogen-bond acceptors (Lipinski definition) is 4. The Morgan fingerprint density at radius 3 is 1.29 bits per heavy atom. The normalized spacial score (nSPS) is 11.0. The lowest BCUT2D eigenvalue weighted by Crippen LogP contribution is -2.30. The molecule has 0 bridgehead atoms. The van der Waals surface area contributed by atoms with E-state index in [4.69, 9.17) is 20.3 Å². The molecule has 0 amide bonds. The van der Waals surface area contributed by atoms with Crippen molar-refractivity contribution in [3.05, 3.63) is 107 Å². The van der Waals surface area contributed by atoms with Crippen molar-refractivity contribution in [2.75, 3.05) is 0 Å². The SMILES string of the molecule is CC(C)NC(=N)c1ccc(COc2cccc3c(OCc4ccc(C(=N)NC(C)C)cc4)cccc23)cc1. The molecule has 0 aliphatic rings. The van der Waals surface area contributed by atoms with E-state index in [2.05, 4.69) is 10.6 Å². The summed E-state index contributed by atoms with van der Waals surface area (Å²) in [6.45, 7) is 8.96. The third-order valence-electron chi connectivity index (χ3n) is 5.98. The van der Waals surface area contributed by atoms with Crippen LogP contribution >= 0.6 is 0 Å². The minimum absolute atomic E-state index is 0.221. The zero-order valence-electron chi connectivity index (χ0n) is 22.5. The van der Waals surface area contributed by atoms with Crippen molar-refractivity contribution in [2.45, 2.75) is 53.0 Å². The van der Waals surface area contributed by atoms with Crippen LogP contribution in [0.15, 0.2) is 84.9 Å². The fourth-order valence-electron chi connectivity index (χ4n) is 4.11. The lowest BCUT2D eigenvalue weighted by atomic mass is 10.1. The monoisotopic (exact) mass is 508 g/mol. The molecule has 4 aromatic carbocycles. The lowest BCUT2D eigenvalue weighted by molar-refractivity contribution is 0.306. The highest BCUT2D eigenvalue weighted by Crippen LogP contribution is 2.33. The molecule has 0 aliphatic heterocycles. The Hall–Kier alpha value is -4.32. The summed E-state index contributed by atoms with van der Waals surface area (Å²) in [4.78, 5) is 0. The number of rotatable bonds is 10. The van der Waals surface area contributed by atoms with Crippen LogP contribution in [0.2, 0.25) is 0 Å². The molecule has 0 saturated carbocycles. The molecule has 0 spiro atoms. The summed E-state index contributed by atoms with van der Waals surface area (Å²) < 4.78 is 12.4. The summed E-state index contributed by atoms with van der Waals surface area (Å²) in [5.41, 5.74) is 3.79. The number of ether oxygens (including phenoxy) is 2. The Morgan fingerprint density at radius 1 is 0.579 bits per heavy atom. The second-order valence-electron chi connectivity index (χ2n) is 9.93. The molecule has 0 atom stereocenters. The molecule has 6 nitrogen and oxygen atoms in total. The number of nitrogens with one attached hydrogen (secondary N) is 4. The molecule has 4 N–H and O–H groups in total. The Morgan fingerprint density at radius 2 is 0.947 bits per heavy atom. The molecule has 196 valence electrons. The predicted molar refractivity (Wildman–Crippen MR) is 156 cm³/mol. The molecule has 38 heavy (non-hydrogen) atoms. The molecule has 0 unspecified atom stereocenters. The molecular weight excluding hydrogens is 472 g/mol. The highest BCUT2D eigenvalue weighted by Gasteiger charge is 2.09. The quantitative estimate of drug-likeness (QED) is 0.143. The number of hydrogen-bond donors (Lipinski definition) is 4. The fraction of sp³-hybridized carbons (Fsp3) is 0.250. The first-order valence-corrected chi connectivity index (χ1v) is 13.0. The standard InChI is InChI=1S/C32H36N4O2/c1-21(2)35-31(33)25-15-11-23(12-16-25)19-37-29-9-5-8-28-27(29)7-6-10-30(28)38-20-24-13-17-26(18-14-24)32(34)36-22(3)4/h5-18,21-22H,19-20H2,1-4H3,(H2,33,35)(H2,34,36). The molecule has 0 fully saturated rings. The third kappa shape index (κ3) is 6.91. The summed E-state index contributed by atoms with van der Waals surface area (Å²) >= 11 is 0. The Bertz CT molecular complexity index is 1280. The first kappa shape index (κ1) is 26.7. The van der Waals surface area contributed by atoms with Crippen LogP contribution in [0.4, 0.5) is 0 Å². The molecule has 0 saturated heterocycles. The molecular formula is C32H36N4O2. The molecule has 6 heteroatoms. The van der Waals surface area contributed by atoms with Crippen LogP contribution in [0.3, 0.4) is 0 Å². The second kappa shape index (κ2) is 12.3. The molecule has 4 aromatic rings. The smallest absolute Gasteiger partial charge is 0.127 e. The van der Waals surface area contributed by atoms with Crippen molar-refractivity contribution in [2.24, 2.45) is 0 Å². The fourth-order valence-corrected chi connectivity index (χ4v) is 4.11. The maximum absolute atomic E-state index is 8.15. The van der Waals surface area contributed by atoms with Gasteiger partial charge in [-0.25, -0.2) is 0 Å². The third-order valence-corrected chi connectivity index (χ3v) is 5.98. The Balaban J connectivity index is 1.41. The first-order valence-electron chi connectivity index (χ1n) is 13.0. The number of amidine groups is 2. The van der Waals surface area contributed by atoms with Crippen LogP contribution in [0.25, 0.3) is 10.8 Å². The average Bonchev–Trinajstić information content (AvgIpc) is 2.90. The van der Waals surface area contributed by atoms with E-state index in [1.165, 1.54) is 0 Å². The van der Waals surface area contributed by atoms with Gasteiger partial charge in [0.15, 0.2) is 0 Å². The van der Waals surface area contributed by atoms with Crippen LogP contribution in [0.5, 0.6) is 11.5 Å². The van der Waals surface area contributed by atoms with Crippen LogP contribution in [0.1, 0.15) is 49.9 Å². The molecule has 0 aromatic heterocycles. The summed E-state index contributed by atoms with van der Waals surface area (Å²) in [7, 11) is 0. The number of fused-ring (bicyclic) bond motifs is 1. The average molecular weight is 509 g/mol. The van der Waals surface area contributed by atoms with Crippen molar-refractivity contribution < 1.29 is 9.47 Å². The molecule has 0 aliphatic carbocycles. The van der Waals surface area contributed by atoms with Gasteiger partial charge in [-0.15, -0.1) is 0 Å². The van der Waals surface area contributed by atoms with Crippen molar-refractivity contribution in [3.63, 3.8) is 0 Å². The van der Waals surface area contributed by atoms with E-state index in [0.717, 1.165) is 44.5 Å². The van der Waals surface area contributed by atoms with Gasteiger partial charge in [0.2, 0.25) is 0 Å². The summed E-state index contributed by atoms with van der Waals surface area (Å²) in [5.74, 6) is 2.44. The van der Waals surface area contributed by atoms with Gasteiger partial charge in [0, 0.05) is 34.0 Å². The maximum atomic E-state index is 8.15. The van der Waals surface area contributed by atoms with Crippen molar-refractivity contribution in [1.29, 1.82) is 10.8 Å². The van der Waals surface area contributed by atoms with E-state index in [-0.39, 0.29) is 12.1 Å². The second-order valence-corrected chi connectivity index (χ2v) is 9.93. The van der Waals surface area contributed by atoms with E-state index in [0.29, 0.717) is 24.9 Å². The van der Waals surface area contributed by atoms with Crippen molar-refractivity contribution >= 4 is 22.4 Å². The highest BCUT2D eigenvalue weighted by atomic mass is 16.5. The van der Waals surface area contributed by atoms with Gasteiger partial charge in [-0.2, -0.15) is 0 Å². The van der Waals surface area contributed by atoms with Gasteiger partial charge < -0.3 is 20.1 Å². The van der Waals surface area contributed by atoms with Gasteiger partial charge in [-0.05, 0) is 51.0 Å². The van der Waals surface area contributed by atoms with Gasteiger partial charge in [-0.1, -0.05) is 72.8 Å². The van der Waals surface area contributed by atoms with E-state index in [1.54, 1.807) is 0 Å². The van der Waals surface area contributed by atoms with E-state index < -0.39 is 0 Å². The van der Waals surface area contributed by atoms with Crippen LogP contribution < -0.4 is 20.1 Å². The first-order chi connectivity index (χ1) is 18.3. The molecule has 0 radical (unpaired) electrons. The van der Waals surface area contributed by atoms with Crippen LogP contribution in [0, 0.1) is 10.8 Å². The predicted octanol–water partition coefficient (Wildman–Crippen LogP) is 6.64. The van der Waals surface area contributed by atoms with Crippen molar-refractivity contribution in [3.8, 4) is 11.5 Å². The zero-order chi connectivity index (χ0) is 27.1. The van der Waals surface area contributed by atoms with E-state index in [1.807, 2.05) is 113 Å². The zero-order valence-corrected chi connectivity index (χ0v) is 22.5. The highest BCUT2D eigenvalue weighted by molar-refractivity contribution is 5.97. The minimum atomic E-state index is 0.221. The van der Waals surface area contributed by atoms with E-state index >= 15 is 0 Å². The summed E-state index contributed by atoms with van der Waals surface area (Å²) in [6.07, 6.45) is 0. The van der Waals surface area contributed by atoms with Gasteiger partial charge >= 0.3 is 0 Å².